The lowest BCUT2D eigenvalue weighted by atomic mass is 9.99. The average Bonchev–Trinajstić information content (AvgIpc) is 2.46. The second-order valence-electron chi connectivity index (χ2n) is 5.27. The third kappa shape index (κ3) is 2.60. The average molecular weight is 366 g/mol. The highest BCUT2D eigenvalue weighted by atomic mass is 79.9. The number of benzene rings is 2. The fraction of sp³-hybridized carbons (Fsp3) is 0.250. The fourth-order valence-electron chi connectivity index (χ4n) is 2.76. The number of sulfonamides is 1. The van der Waals surface area contributed by atoms with Crippen molar-refractivity contribution in [3.8, 4) is 0 Å². The summed E-state index contributed by atoms with van der Waals surface area (Å²) >= 11 is 3.34. The molecule has 3 nitrogen and oxygen atoms in total. The normalized spacial score (nSPS) is 18.4. The minimum Gasteiger partial charge on any atom is -0.263 e. The van der Waals surface area contributed by atoms with Gasteiger partial charge in [0.05, 0.1) is 10.6 Å². The molecular formula is C16H16BrNO2S. The summed E-state index contributed by atoms with van der Waals surface area (Å²) < 4.78 is 28.4. The van der Waals surface area contributed by atoms with Crippen LogP contribution in [0.1, 0.15) is 18.9 Å². The van der Waals surface area contributed by atoms with Gasteiger partial charge in [0.15, 0.2) is 0 Å². The molecule has 0 saturated heterocycles. The zero-order valence-corrected chi connectivity index (χ0v) is 14.1. The predicted molar refractivity (Wildman–Crippen MR) is 88.0 cm³/mol. The zero-order valence-electron chi connectivity index (χ0n) is 11.7. The Balaban J connectivity index is 2.15. The topological polar surface area (TPSA) is 37.4 Å². The summed E-state index contributed by atoms with van der Waals surface area (Å²) in [5.74, 6) is 0. The van der Waals surface area contributed by atoms with Gasteiger partial charge in [0.2, 0.25) is 0 Å². The maximum atomic E-state index is 13.0. The second kappa shape index (κ2) is 5.46. The highest BCUT2D eigenvalue weighted by molar-refractivity contribution is 9.10. The Morgan fingerprint density at radius 3 is 2.67 bits per heavy atom. The third-order valence-electron chi connectivity index (χ3n) is 3.81. The molecule has 3 rings (SSSR count). The van der Waals surface area contributed by atoms with Gasteiger partial charge in [0.1, 0.15) is 0 Å². The summed E-state index contributed by atoms with van der Waals surface area (Å²) in [5, 5.41) is 0. The van der Waals surface area contributed by atoms with E-state index < -0.39 is 10.0 Å². The van der Waals surface area contributed by atoms with Crippen LogP contribution in [0.4, 0.5) is 5.69 Å². The van der Waals surface area contributed by atoms with Crippen LogP contribution < -0.4 is 4.31 Å². The Bertz CT molecular complexity index is 773. The Kier molecular flexibility index (Phi) is 3.80. The van der Waals surface area contributed by atoms with Crippen LogP contribution in [0.25, 0.3) is 0 Å². The molecule has 1 atom stereocenters. The molecule has 0 radical (unpaired) electrons. The summed E-state index contributed by atoms with van der Waals surface area (Å²) in [6.45, 7) is 1.96. The van der Waals surface area contributed by atoms with E-state index in [2.05, 4.69) is 15.9 Å². The Labute approximate surface area is 133 Å². The largest absolute Gasteiger partial charge is 0.264 e. The minimum absolute atomic E-state index is 0.0381. The number of hydrogen-bond acceptors (Lipinski definition) is 2. The molecule has 0 spiro atoms. The van der Waals surface area contributed by atoms with E-state index >= 15 is 0 Å². The smallest absolute Gasteiger partial charge is 0.263 e. The van der Waals surface area contributed by atoms with Crippen molar-refractivity contribution in [2.45, 2.75) is 30.7 Å². The Hall–Kier alpha value is -1.33. The van der Waals surface area contributed by atoms with Crippen LogP contribution in [0.15, 0.2) is 57.9 Å². The van der Waals surface area contributed by atoms with Crippen LogP contribution >= 0.6 is 15.9 Å². The van der Waals surface area contributed by atoms with Crippen LogP contribution in [0, 0.1) is 0 Å². The van der Waals surface area contributed by atoms with Gasteiger partial charge in [-0.15, -0.1) is 0 Å². The quantitative estimate of drug-likeness (QED) is 0.806. The Morgan fingerprint density at radius 2 is 1.90 bits per heavy atom. The summed E-state index contributed by atoms with van der Waals surface area (Å²) in [7, 11) is -3.54. The standard InChI is InChI=1S/C16H16BrNO2S/c1-12-9-10-13-5-2-3-8-16(13)18(12)21(19,20)15-7-4-6-14(17)11-15/h2-8,11-12H,9-10H2,1H3/t12-/m0/s1. The van der Waals surface area contributed by atoms with Gasteiger partial charge in [-0.25, -0.2) is 8.42 Å². The van der Waals surface area contributed by atoms with Crippen LogP contribution in [-0.2, 0) is 16.4 Å². The SMILES string of the molecule is C[C@H]1CCc2ccccc2N1S(=O)(=O)c1cccc(Br)c1. The van der Waals surface area contributed by atoms with Crippen molar-refractivity contribution in [3.63, 3.8) is 0 Å². The van der Waals surface area contributed by atoms with Crippen LogP contribution in [-0.4, -0.2) is 14.5 Å². The van der Waals surface area contributed by atoms with Crippen LogP contribution in [0.2, 0.25) is 0 Å². The number of halogens is 1. The van der Waals surface area contributed by atoms with Crippen molar-refractivity contribution < 1.29 is 8.42 Å². The fourth-order valence-corrected chi connectivity index (χ4v) is 5.08. The molecule has 0 aromatic heterocycles. The molecule has 21 heavy (non-hydrogen) atoms. The second-order valence-corrected chi connectivity index (χ2v) is 8.01. The molecule has 0 unspecified atom stereocenters. The van der Waals surface area contributed by atoms with Crippen molar-refractivity contribution in [3.05, 3.63) is 58.6 Å². The van der Waals surface area contributed by atoms with Crippen molar-refractivity contribution in [2.75, 3.05) is 4.31 Å². The number of anilines is 1. The molecule has 0 bridgehead atoms. The zero-order chi connectivity index (χ0) is 15.0. The monoisotopic (exact) mass is 365 g/mol. The number of rotatable bonds is 2. The van der Waals surface area contributed by atoms with E-state index in [-0.39, 0.29) is 6.04 Å². The van der Waals surface area contributed by atoms with Gasteiger partial charge in [-0.3, -0.25) is 4.31 Å². The maximum absolute atomic E-state index is 13.0. The molecular weight excluding hydrogens is 350 g/mol. The van der Waals surface area contributed by atoms with E-state index in [9.17, 15) is 8.42 Å². The van der Waals surface area contributed by atoms with Gasteiger partial charge >= 0.3 is 0 Å². The molecule has 2 aromatic rings. The molecule has 0 fully saturated rings. The highest BCUT2D eigenvalue weighted by Crippen LogP contribution is 2.35. The van der Waals surface area contributed by atoms with E-state index in [1.165, 1.54) is 0 Å². The van der Waals surface area contributed by atoms with Crippen molar-refractivity contribution in [2.24, 2.45) is 0 Å². The lowest BCUT2D eigenvalue weighted by Crippen LogP contribution is -2.42. The van der Waals surface area contributed by atoms with Crippen molar-refractivity contribution >= 4 is 31.6 Å². The maximum Gasteiger partial charge on any atom is 0.264 e. The first-order valence-corrected chi connectivity index (χ1v) is 9.11. The highest BCUT2D eigenvalue weighted by Gasteiger charge is 2.33. The summed E-state index contributed by atoms with van der Waals surface area (Å²) in [4.78, 5) is 0.320. The number of para-hydroxylation sites is 1. The minimum atomic E-state index is -3.54. The molecule has 1 heterocycles. The van der Waals surface area contributed by atoms with E-state index in [0.29, 0.717) is 4.90 Å². The predicted octanol–water partition coefficient (Wildman–Crippen LogP) is 3.98. The number of nitrogens with zero attached hydrogens (tertiary/aromatic N) is 1. The van der Waals surface area contributed by atoms with Gasteiger partial charge < -0.3 is 0 Å². The van der Waals surface area contributed by atoms with Gasteiger partial charge in [0.25, 0.3) is 10.0 Å². The number of hydrogen-bond donors (Lipinski definition) is 0. The molecule has 0 N–H and O–H groups in total. The van der Waals surface area contributed by atoms with Crippen molar-refractivity contribution in [1.29, 1.82) is 0 Å². The lowest BCUT2D eigenvalue weighted by molar-refractivity contribution is 0.563. The molecule has 0 saturated carbocycles. The molecule has 110 valence electrons. The molecule has 0 aliphatic carbocycles. The summed E-state index contributed by atoms with van der Waals surface area (Å²) in [6.07, 6.45) is 1.76. The Morgan fingerprint density at radius 1 is 1.14 bits per heavy atom. The van der Waals surface area contributed by atoms with Crippen molar-refractivity contribution in [1.82, 2.24) is 0 Å². The lowest BCUT2D eigenvalue weighted by Gasteiger charge is -2.36. The number of aryl methyl sites for hydroxylation is 1. The molecule has 1 aliphatic heterocycles. The molecule has 5 heteroatoms. The van der Waals surface area contributed by atoms with Gasteiger partial charge in [-0.05, 0) is 49.6 Å². The van der Waals surface area contributed by atoms with E-state index in [0.717, 1.165) is 28.6 Å². The van der Waals surface area contributed by atoms with Gasteiger partial charge in [-0.2, -0.15) is 0 Å². The summed E-state index contributed by atoms with van der Waals surface area (Å²) in [5.41, 5.74) is 1.89. The third-order valence-corrected chi connectivity index (χ3v) is 6.23. The number of fused-ring (bicyclic) bond motifs is 1. The van der Waals surface area contributed by atoms with Crippen LogP contribution in [0.3, 0.4) is 0 Å². The molecule has 0 amide bonds. The van der Waals surface area contributed by atoms with E-state index in [1.54, 1.807) is 22.5 Å². The van der Waals surface area contributed by atoms with E-state index in [1.807, 2.05) is 37.3 Å². The van der Waals surface area contributed by atoms with Gasteiger partial charge in [0, 0.05) is 10.5 Å². The first-order valence-electron chi connectivity index (χ1n) is 6.88. The van der Waals surface area contributed by atoms with E-state index in [4.69, 9.17) is 0 Å². The first-order chi connectivity index (χ1) is 10.00. The molecule has 1 aliphatic rings. The van der Waals surface area contributed by atoms with Gasteiger partial charge in [-0.1, -0.05) is 40.2 Å². The summed E-state index contributed by atoms with van der Waals surface area (Å²) in [6, 6.07) is 14.6. The van der Waals surface area contributed by atoms with Crippen LogP contribution in [0.5, 0.6) is 0 Å². The first kappa shape index (κ1) is 14.6. The molecule has 2 aromatic carbocycles.